The van der Waals surface area contributed by atoms with E-state index >= 15 is 0 Å². The van der Waals surface area contributed by atoms with E-state index < -0.39 is 23.2 Å². The highest BCUT2D eigenvalue weighted by molar-refractivity contribution is 7.12. The average Bonchev–Trinajstić information content (AvgIpc) is 3.19. The van der Waals surface area contributed by atoms with Gasteiger partial charge in [-0.3, -0.25) is 9.88 Å². The number of hydrogen-bond donors (Lipinski definition) is 1. The molecule has 0 saturated carbocycles. The Morgan fingerprint density at radius 1 is 1.23 bits per heavy atom. The number of aliphatic hydroxyl groups is 1. The smallest absolute Gasteiger partial charge is 0.348 e. The van der Waals surface area contributed by atoms with Crippen LogP contribution < -0.4 is 4.74 Å². The van der Waals surface area contributed by atoms with Crippen LogP contribution in [0.15, 0.2) is 41.9 Å². The second-order valence-corrected chi connectivity index (χ2v) is 8.44. The van der Waals surface area contributed by atoms with Gasteiger partial charge in [0.1, 0.15) is 40.2 Å². The Morgan fingerprint density at radius 3 is 2.58 bits per heavy atom. The van der Waals surface area contributed by atoms with Gasteiger partial charge in [-0.25, -0.2) is 13.6 Å². The molecule has 0 radical (unpaired) electrons. The quantitative estimate of drug-likeness (QED) is 0.584. The molecule has 31 heavy (non-hydrogen) atoms. The minimum absolute atomic E-state index is 0.0981. The predicted octanol–water partition coefficient (Wildman–Crippen LogP) is 3.59. The van der Waals surface area contributed by atoms with Crippen LogP contribution in [0.4, 0.5) is 8.78 Å². The van der Waals surface area contributed by atoms with Crippen LogP contribution in [0.2, 0.25) is 0 Å². The summed E-state index contributed by atoms with van der Waals surface area (Å²) in [7, 11) is 3.20. The van der Waals surface area contributed by atoms with E-state index in [1.165, 1.54) is 30.6 Å². The molecule has 6 nitrogen and oxygen atoms in total. The minimum atomic E-state index is -1.05. The summed E-state index contributed by atoms with van der Waals surface area (Å²) in [6.07, 6.45) is 1.58. The van der Waals surface area contributed by atoms with Crippen molar-refractivity contribution in [1.29, 1.82) is 0 Å². The number of halogens is 2. The van der Waals surface area contributed by atoms with Gasteiger partial charge in [0.25, 0.3) is 0 Å². The van der Waals surface area contributed by atoms with Crippen molar-refractivity contribution in [3.63, 3.8) is 0 Å². The number of likely N-dealkylation sites (tertiary alicyclic amines) is 1. The molecule has 0 amide bonds. The Morgan fingerprint density at radius 2 is 1.94 bits per heavy atom. The van der Waals surface area contributed by atoms with Crippen LogP contribution in [0.25, 0.3) is 11.3 Å². The number of pyridine rings is 1. The Hall–Kier alpha value is -2.88. The van der Waals surface area contributed by atoms with Crippen LogP contribution in [0.1, 0.15) is 20.8 Å². The second kappa shape index (κ2) is 8.33. The van der Waals surface area contributed by atoms with Gasteiger partial charge in [-0.05, 0) is 36.9 Å². The van der Waals surface area contributed by atoms with E-state index in [0.29, 0.717) is 46.1 Å². The number of carbonyl (C=O) groups excluding carboxylic acids is 1. The summed E-state index contributed by atoms with van der Waals surface area (Å²) in [5.41, 5.74) is 0.933. The largest absolute Gasteiger partial charge is 0.487 e. The number of β-amino-alcohol motifs (C(OH)–C–C–N with tert-alkyl or cyclic N) is 1. The molecular formula is C22H20F2N2O4S. The van der Waals surface area contributed by atoms with Crippen LogP contribution in [0.3, 0.4) is 0 Å². The van der Waals surface area contributed by atoms with Gasteiger partial charge in [-0.2, -0.15) is 0 Å². The van der Waals surface area contributed by atoms with Crippen LogP contribution in [-0.4, -0.2) is 48.2 Å². The number of ether oxygens (including phenoxy) is 2. The first kappa shape index (κ1) is 21.4. The molecule has 1 saturated heterocycles. The average molecular weight is 446 g/mol. The number of likely N-dealkylation sites (N-methyl/N-ethyl adjacent to an activating group) is 1. The molecule has 1 fully saturated rings. The first-order valence-electron chi connectivity index (χ1n) is 9.44. The zero-order chi connectivity index (χ0) is 22.2. The molecule has 3 aromatic rings. The third-order valence-corrected chi connectivity index (χ3v) is 5.94. The molecule has 1 aliphatic heterocycles. The maximum absolute atomic E-state index is 13.5. The third kappa shape index (κ3) is 4.43. The highest BCUT2D eigenvalue weighted by atomic mass is 32.1. The topological polar surface area (TPSA) is 71.9 Å². The Labute approximate surface area is 181 Å². The van der Waals surface area contributed by atoms with Crippen LogP contribution in [0.5, 0.6) is 5.75 Å². The van der Waals surface area contributed by atoms with Crippen LogP contribution >= 0.6 is 11.3 Å². The molecule has 0 unspecified atom stereocenters. The fraction of sp³-hybridized carbons (Fsp3) is 0.273. The Balaban J connectivity index is 1.68. The Kier molecular flexibility index (Phi) is 5.74. The van der Waals surface area contributed by atoms with Gasteiger partial charge in [0, 0.05) is 41.9 Å². The van der Waals surface area contributed by atoms with Crippen molar-refractivity contribution in [3.8, 4) is 17.0 Å². The fourth-order valence-electron chi connectivity index (χ4n) is 3.58. The first-order chi connectivity index (χ1) is 14.8. The van der Waals surface area contributed by atoms with E-state index in [9.17, 15) is 18.7 Å². The van der Waals surface area contributed by atoms with Crippen molar-refractivity contribution < 1.29 is 28.2 Å². The van der Waals surface area contributed by atoms with Crippen molar-refractivity contribution in [2.75, 3.05) is 27.2 Å². The normalized spacial score (nSPS) is 15.4. The Bertz CT molecular complexity index is 1110. The van der Waals surface area contributed by atoms with E-state index in [-0.39, 0.29) is 6.61 Å². The van der Waals surface area contributed by atoms with Gasteiger partial charge >= 0.3 is 5.97 Å². The molecule has 162 valence electrons. The number of benzene rings is 1. The number of methoxy groups -OCH3 is 1. The molecule has 0 bridgehead atoms. The summed E-state index contributed by atoms with van der Waals surface area (Å²) in [6, 6.07) is 6.49. The molecule has 0 spiro atoms. The molecule has 1 N–H and O–H groups in total. The summed E-state index contributed by atoms with van der Waals surface area (Å²) in [4.78, 5) is 18.6. The number of aromatic nitrogens is 1. The molecule has 1 aliphatic rings. The molecule has 9 heteroatoms. The van der Waals surface area contributed by atoms with Gasteiger partial charge in [0.05, 0.1) is 7.11 Å². The summed E-state index contributed by atoms with van der Waals surface area (Å²) in [6.45, 7) is 0.806. The van der Waals surface area contributed by atoms with E-state index in [1.54, 1.807) is 23.7 Å². The van der Waals surface area contributed by atoms with Gasteiger partial charge in [0.15, 0.2) is 0 Å². The maximum atomic E-state index is 13.5. The van der Waals surface area contributed by atoms with Crippen LogP contribution in [-0.2, 0) is 16.9 Å². The third-order valence-electron chi connectivity index (χ3n) is 5.03. The monoisotopic (exact) mass is 446 g/mol. The van der Waals surface area contributed by atoms with Crippen molar-refractivity contribution in [3.05, 3.63) is 69.5 Å². The van der Waals surface area contributed by atoms with E-state index in [1.807, 2.05) is 11.9 Å². The molecule has 0 atom stereocenters. The van der Waals surface area contributed by atoms with E-state index in [4.69, 9.17) is 9.47 Å². The van der Waals surface area contributed by atoms with E-state index in [0.717, 1.165) is 6.07 Å². The lowest BCUT2D eigenvalue weighted by molar-refractivity contribution is -0.0921. The summed E-state index contributed by atoms with van der Waals surface area (Å²) < 4.78 is 37.7. The van der Waals surface area contributed by atoms with Crippen molar-refractivity contribution in [1.82, 2.24) is 9.88 Å². The lowest BCUT2D eigenvalue weighted by atomic mass is 9.87. The zero-order valence-corrected chi connectivity index (χ0v) is 17.7. The summed E-state index contributed by atoms with van der Waals surface area (Å²) in [5, 5.41) is 12.6. The van der Waals surface area contributed by atoms with Gasteiger partial charge in [-0.15, -0.1) is 11.3 Å². The molecule has 2 aromatic heterocycles. The summed E-state index contributed by atoms with van der Waals surface area (Å²) >= 11 is 1.20. The van der Waals surface area contributed by atoms with Crippen molar-refractivity contribution in [2.24, 2.45) is 0 Å². The second-order valence-electron chi connectivity index (χ2n) is 7.53. The van der Waals surface area contributed by atoms with Crippen molar-refractivity contribution >= 4 is 17.3 Å². The van der Waals surface area contributed by atoms with E-state index in [2.05, 4.69) is 4.98 Å². The molecule has 3 heterocycles. The number of carbonyl (C=O) groups is 1. The SMILES string of the molecule is COC(=O)c1cc(-c2ncc(C3(O)CN(C)C3)cc2OCc2cc(F)cc(F)c2)cs1. The van der Waals surface area contributed by atoms with Crippen molar-refractivity contribution in [2.45, 2.75) is 12.2 Å². The lowest BCUT2D eigenvalue weighted by Gasteiger charge is -2.44. The number of nitrogens with zero attached hydrogens (tertiary/aromatic N) is 2. The summed E-state index contributed by atoms with van der Waals surface area (Å²) in [5.74, 6) is -1.52. The highest BCUT2D eigenvalue weighted by Crippen LogP contribution is 2.37. The zero-order valence-electron chi connectivity index (χ0n) is 16.9. The number of hydrogen-bond acceptors (Lipinski definition) is 7. The fourth-order valence-corrected chi connectivity index (χ4v) is 4.39. The molecule has 4 rings (SSSR count). The van der Waals surface area contributed by atoms with Gasteiger partial charge in [0.2, 0.25) is 0 Å². The number of esters is 1. The molecule has 1 aromatic carbocycles. The number of rotatable bonds is 6. The molecule has 0 aliphatic carbocycles. The lowest BCUT2D eigenvalue weighted by Crippen LogP contribution is -2.57. The maximum Gasteiger partial charge on any atom is 0.348 e. The minimum Gasteiger partial charge on any atom is -0.487 e. The predicted molar refractivity (Wildman–Crippen MR) is 111 cm³/mol. The van der Waals surface area contributed by atoms with Gasteiger partial charge < -0.3 is 14.6 Å². The number of thiophene rings is 1. The van der Waals surface area contributed by atoms with Crippen LogP contribution in [0, 0.1) is 11.6 Å². The first-order valence-corrected chi connectivity index (χ1v) is 10.3. The highest BCUT2D eigenvalue weighted by Gasteiger charge is 2.41. The standard InChI is InChI=1S/C22H20F2N2O4S/c1-26-11-22(28,12-26)15-6-18(30-9-13-3-16(23)7-17(24)4-13)20(25-8-15)14-5-19(31-10-14)21(27)29-2/h3-8,10,28H,9,11-12H2,1-2H3. The molecular weight excluding hydrogens is 426 g/mol. The van der Waals surface area contributed by atoms with Gasteiger partial charge in [-0.1, -0.05) is 0 Å².